The molecule has 13 heteroatoms. The second kappa shape index (κ2) is 7.66. The number of fused-ring (bicyclic) bond motifs is 1. The van der Waals surface area contributed by atoms with Crippen molar-refractivity contribution >= 4 is 29.1 Å². The number of nitrogens with zero attached hydrogens (tertiary/aromatic N) is 6. The van der Waals surface area contributed by atoms with Gasteiger partial charge in [-0.25, -0.2) is 4.90 Å². The van der Waals surface area contributed by atoms with Crippen molar-refractivity contribution in [3.63, 3.8) is 0 Å². The van der Waals surface area contributed by atoms with Crippen molar-refractivity contribution in [3.8, 4) is 11.4 Å². The van der Waals surface area contributed by atoms with Crippen LogP contribution >= 0.6 is 11.6 Å². The van der Waals surface area contributed by atoms with Gasteiger partial charge in [0, 0.05) is 10.6 Å². The highest BCUT2D eigenvalue weighted by Crippen LogP contribution is 2.34. The zero-order chi connectivity index (χ0) is 23.3. The third-order valence-electron chi connectivity index (χ3n) is 5.14. The highest BCUT2D eigenvalue weighted by atomic mass is 35.5. The first-order chi connectivity index (χ1) is 15.7. The van der Waals surface area contributed by atoms with Gasteiger partial charge in [-0.15, -0.1) is 0 Å². The van der Waals surface area contributed by atoms with Crippen LogP contribution in [0.4, 0.5) is 18.9 Å². The van der Waals surface area contributed by atoms with E-state index in [-0.39, 0.29) is 23.8 Å². The number of halogens is 4. The molecule has 2 amide bonds. The van der Waals surface area contributed by atoms with Gasteiger partial charge in [0.2, 0.25) is 11.7 Å². The highest BCUT2D eigenvalue weighted by molar-refractivity contribution is 6.31. The molecular weight excluding hydrogens is 465 g/mol. The Morgan fingerprint density at radius 2 is 1.85 bits per heavy atom. The van der Waals surface area contributed by atoms with Crippen molar-refractivity contribution in [2.24, 2.45) is 10.3 Å². The third-order valence-corrected chi connectivity index (χ3v) is 5.37. The number of alkyl halides is 3. The van der Waals surface area contributed by atoms with E-state index >= 15 is 0 Å². The Hall–Kier alpha value is -3.80. The van der Waals surface area contributed by atoms with Crippen LogP contribution in [0.2, 0.25) is 5.02 Å². The number of anilines is 1. The lowest BCUT2D eigenvalue weighted by Crippen LogP contribution is -2.39. The predicted molar refractivity (Wildman–Crippen MR) is 107 cm³/mol. The first-order valence-corrected chi connectivity index (χ1v) is 9.91. The summed E-state index contributed by atoms with van der Waals surface area (Å²) in [5, 5.41) is 13.1. The van der Waals surface area contributed by atoms with E-state index in [4.69, 9.17) is 16.1 Å². The number of benzene rings is 2. The second-order valence-electron chi connectivity index (χ2n) is 7.27. The van der Waals surface area contributed by atoms with Gasteiger partial charge in [0.1, 0.15) is 6.54 Å². The summed E-state index contributed by atoms with van der Waals surface area (Å²) in [4.78, 5) is 30.8. The van der Waals surface area contributed by atoms with Gasteiger partial charge in [0.25, 0.3) is 11.8 Å². The molecule has 2 aliphatic heterocycles. The van der Waals surface area contributed by atoms with E-state index in [1.807, 2.05) is 0 Å². The quantitative estimate of drug-likeness (QED) is 0.529. The largest absolute Gasteiger partial charge is 0.416 e. The van der Waals surface area contributed by atoms with Crippen molar-refractivity contribution < 1.29 is 27.3 Å². The molecule has 0 saturated carbocycles. The van der Waals surface area contributed by atoms with E-state index in [1.54, 1.807) is 18.2 Å². The second-order valence-corrected chi connectivity index (χ2v) is 7.71. The minimum absolute atomic E-state index is 0.0107. The van der Waals surface area contributed by atoms with Crippen molar-refractivity contribution in [2.75, 3.05) is 4.90 Å². The standard InChI is InChI=1S/C20H12ClF3N6O3/c21-12-5-2-6-13(8-12)30-18(31)15-16(19(30)32)29(28-26-15)9-14-25-17(27-33-14)10-3-1-4-11(7-10)20(22,23)24/h1-8,15-16H,9H2/t15-,16+/m1/s1. The van der Waals surface area contributed by atoms with E-state index in [1.165, 1.54) is 23.2 Å². The minimum atomic E-state index is -4.52. The van der Waals surface area contributed by atoms with Gasteiger partial charge in [0.15, 0.2) is 12.1 Å². The summed E-state index contributed by atoms with van der Waals surface area (Å²) in [5.74, 6) is -1.16. The smallest absolute Gasteiger partial charge is 0.337 e. The number of aromatic nitrogens is 2. The van der Waals surface area contributed by atoms with E-state index in [2.05, 4.69) is 20.5 Å². The molecule has 3 heterocycles. The number of hydrogen-bond donors (Lipinski definition) is 0. The summed E-state index contributed by atoms with van der Waals surface area (Å²) in [6.45, 7) is -0.168. The van der Waals surface area contributed by atoms with Crippen molar-refractivity contribution in [1.82, 2.24) is 15.1 Å². The Balaban J connectivity index is 1.36. The number of amides is 2. The monoisotopic (exact) mass is 476 g/mol. The van der Waals surface area contributed by atoms with Gasteiger partial charge < -0.3 is 4.52 Å². The van der Waals surface area contributed by atoms with Crippen molar-refractivity contribution in [3.05, 3.63) is 65.0 Å². The van der Waals surface area contributed by atoms with Gasteiger partial charge in [-0.2, -0.15) is 23.3 Å². The molecule has 2 aliphatic rings. The topological polar surface area (TPSA) is 104 Å². The van der Waals surface area contributed by atoms with Crippen molar-refractivity contribution in [2.45, 2.75) is 24.8 Å². The lowest BCUT2D eigenvalue weighted by atomic mass is 10.1. The first-order valence-electron chi connectivity index (χ1n) is 9.53. The molecule has 2 aromatic carbocycles. The highest BCUT2D eigenvalue weighted by Gasteiger charge is 2.55. The summed E-state index contributed by atoms with van der Waals surface area (Å²) in [6.07, 6.45) is -4.52. The van der Waals surface area contributed by atoms with Crippen LogP contribution in [-0.4, -0.2) is 39.0 Å². The Morgan fingerprint density at radius 1 is 1.06 bits per heavy atom. The van der Waals surface area contributed by atoms with E-state index < -0.39 is 35.6 Å². The molecule has 0 radical (unpaired) electrons. The maximum absolute atomic E-state index is 13.0. The summed E-state index contributed by atoms with van der Waals surface area (Å²) < 4.78 is 44.0. The Bertz CT molecular complexity index is 1290. The fourth-order valence-electron chi connectivity index (χ4n) is 3.63. The van der Waals surface area contributed by atoms with Crippen LogP contribution in [0.1, 0.15) is 11.5 Å². The Morgan fingerprint density at radius 3 is 2.61 bits per heavy atom. The van der Waals surface area contributed by atoms with Crippen LogP contribution in [0.25, 0.3) is 11.4 Å². The lowest BCUT2D eigenvalue weighted by molar-refractivity contribution is -0.137. The predicted octanol–water partition coefficient (Wildman–Crippen LogP) is 3.90. The molecule has 33 heavy (non-hydrogen) atoms. The van der Waals surface area contributed by atoms with Crippen LogP contribution < -0.4 is 4.90 Å². The molecular formula is C20H12ClF3N6O3. The molecule has 1 fully saturated rings. The van der Waals surface area contributed by atoms with Crippen LogP contribution in [0.5, 0.6) is 0 Å². The zero-order valence-electron chi connectivity index (χ0n) is 16.4. The molecule has 0 spiro atoms. The van der Waals surface area contributed by atoms with Crippen LogP contribution in [0.15, 0.2) is 63.4 Å². The molecule has 0 aliphatic carbocycles. The molecule has 168 valence electrons. The summed E-state index contributed by atoms with van der Waals surface area (Å²) >= 11 is 5.97. The maximum atomic E-state index is 13.0. The molecule has 1 saturated heterocycles. The maximum Gasteiger partial charge on any atom is 0.416 e. The van der Waals surface area contributed by atoms with Crippen molar-refractivity contribution in [1.29, 1.82) is 0 Å². The average Bonchev–Trinajstić information content (AvgIpc) is 3.46. The first kappa shape index (κ1) is 21.1. The van der Waals surface area contributed by atoms with E-state index in [0.717, 1.165) is 17.0 Å². The van der Waals surface area contributed by atoms with Gasteiger partial charge in [-0.05, 0) is 30.3 Å². The van der Waals surface area contributed by atoms with Gasteiger partial charge in [0.05, 0.1) is 11.3 Å². The Labute approximate surface area is 188 Å². The fourth-order valence-corrected chi connectivity index (χ4v) is 3.82. The fraction of sp³-hybridized carbons (Fsp3) is 0.200. The lowest BCUT2D eigenvalue weighted by Gasteiger charge is -2.19. The van der Waals surface area contributed by atoms with Gasteiger partial charge in [-0.1, -0.05) is 40.2 Å². The molecule has 0 unspecified atom stereocenters. The zero-order valence-corrected chi connectivity index (χ0v) is 17.2. The molecule has 9 nitrogen and oxygen atoms in total. The normalized spacial score (nSPS) is 20.1. The summed E-state index contributed by atoms with van der Waals surface area (Å²) in [7, 11) is 0. The number of carbonyl (C=O) groups is 2. The number of hydrogen-bond acceptors (Lipinski definition) is 8. The van der Waals surface area contributed by atoms with Crippen LogP contribution in [0, 0.1) is 0 Å². The molecule has 2 atom stereocenters. The van der Waals surface area contributed by atoms with Gasteiger partial charge in [-0.3, -0.25) is 14.6 Å². The minimum Gasteiger partial charge on any atom is -0.337 e. The van der Waals surface area contributed by atoms with Gasteiger partial charge >= 0.3 is 6.18 Å². The van der Waals surface area contributed by atoms with E-state index in [0.29, 0.717) is 10.7 Å². The molecule has 0 bridgehead atoms. The summed E-state index contributed by atoms with van der Waals surface area (Å²) in [5.41, 5.74) is -0.426. The molecule has 0 N–H and O–H groups in total. The Kier molecular flexibility index (Phi) is 4.89. The number of imide groups is 1. The van der Waals surface area contributed by atoms with Crippen LogP contribution in [-0.2, 0) is 22.3 Å². The van der Waals surface area contributed by atoms with E-state index in [9.17, 15) is 22.8 Å². The third kappa shape index (κ3) is 3.71. The molecule has 1 aromatic heterocycles. The number of rotatable bonds is 4. The molecule has 3 aromatic rings. The van der Waals surface area contributed by atoms with Crippen LogP contribution in [0.3, 0.4) is 0 Å². The molecule has 5 rings (SSSR count). The SMILES string of the molecule is O=C1[C@@H]2[C@@H](N=NN2Cc2nc(-c3cccc(C(F)(F)F)c3)no2)C(=O)N1c1cccc(Cl)c1. The average molecular weight is 477 g/mol. The number of carbonyl (C=O) groups excluding carboxylic acids is 2. The summed E-state index contributed by atoms with van der Waals surface area (Å²) in [6, 6.07) is 8.72.